The van der Waals surface area contributed by atoms with Crippen LogP contribution in [0.4, 0.5) is 13.2 Å². The number of halogens is 3. The maximum absolute atomic E-state index is 12.9. The van der Waals surface area contributed by atoms with Crippen molar-refractivity contribution in [3.05, 3.63) is 35.4 Å². The van der Waals surface area contributed by atoms with Crippen LogP contribution in [0.1, 0.15) is 30.4 Å². The monoisotopic (exact) mass is 447 g/mol. The van der Waals surface area contributed by atoms with Crippen molar-refractivity contribution in [3.63, 3.8) is 0 Å². The molecular formula is C20H28F3N3O3S. The van der Waals surface area contributed by atoms with Crippen molar-refractivity contribution >= 4 is 15.9 Å². The number of alkyl halides is 3. The molecular weight excluding hydrogens is 419 g/mol. The summed E-state index contributed by atoms with van der Waals surface area (Å²) in [4.78, 5) is 16.9. The summed E-state index contributed by atoms with van der Waals surface area (Å²) in [7, 11) is -3.21. The summed E-state index contributed by atoms with van der Waals surface area (Å²) in [5.41, 5.74) is 0.164. The minimum absolute atomic E-state index is 0.0829. The molecule has 2 saturated heterocycles. The van der Waals surface area contributed by atoms with E-state index in [-0.39, 0.29) is 11.8 Å². The summed E-state index contributed by atoms with van der Waals surface area (Å²) >= 11 is 0. The fourth-order valence-corrected chi connectivity index (χ4v) is 4.97. The third-order valence-electron chi connectivity index (χ3n) is 5.86. The van der Waals surface area contributed by atoms with E-state index in [2.05, 4.69) is 4.90 Å². The number of rotatable bonds is 4. The second-order valence-electron chi connectivity index (χ2n) is 8.09. The van der Waals surface area contributed by atoms with Crippen LogP contribution in [0.15, 0.2) is 24.3 Å². The zero-order valence-electron chi connectivity index (χ0n) is 17.1. The molecule has 1 aromatic rings. The lowest BCUT2D eigenvalue weighted by Gasteiger charge is -2.32. The minimum Gasteiger partial charge on any atom is -0.341 e. The van der Waals surface area contributed by atoms with Gasteiger partial charge in [0.2, 0.25) is 15.9 Å². The number of amides is 1. The molecule has 0 N–H and O–H groups in total. The van der Waals surface area contributed by atoms with E-state index in [1.165, 1.54) is 22.7 Å². The molecule has 1 aromatic carbocycles. The van der Waals surface area contributed by atoms with Crippen LogP contribution in [0, 0.1) is 5.92 Å². The van der Waals surface area contributed by atoms with Gasteiger partial charge in [-0.3, -0.25) is 9.69 Å². The van der Waals surface area contributed by atoms with Crippen molar-refractivity contribution in [2.45, 2.75) is 32.0 Å². The predicted molar refractivity (Wildman–Crippen MR) is 107 cm³/mol. The number of carbonyl (C=O) groups excluding carboxylic acids is 1. The van der Waals surface area contributed by atoms with Gasteiger partial charge in [0.1, 0.15) is 0 Å². The molecule has 3 rings (SSSR count). The Labute approximate surface area is 175 Å². The van der Waals surface area contributed by atoms with Crippen molar-refractivity contribution in [1.82, 2.24) is 14.1 Å². The topological polar surface area (TPSA) is 60.9 Å². The first kappa shape index (κ1) is 23.0. The highest BCUT2D eigenvalue weighted by Crippen LogP contribution is 2.29. The number of piperidine rings is 1. The van der Waals surface area contributed by atoms with E-state index in [1.807, 2.05) is 4.90 Å². The zero-order chi connectivity index (χ0) is 21.9. The first-order valence-corrected chi connectivity index (χ1v) is 12.0. The Morgan fingerprint density at radius 3 is 2.20 bits per heavy atom. The van der Waals surface area contributed by atoms with Crippen molar-refractivity contribution in [3.8, 4) is 0 Å². The molecule has 2 heterocycles. The zero-order valence-corrected chi connectivity index (χ0v) is 17.9. The van der Waals surface area contributed by atoms with E-state index in [9.17, 15) is 26.4 Å². The molecule has 0 unspecified atom stereocenters. The van der Waals surface area contributed by atoms with Gasteiger partial charge in [-0.15, -0.1) is 0 Å². The lowest BCUT2D eigenvalue weighted by Crippen LogP contribution is -2.45. The number of hydrogen-bond acceptors (Lipinski definition) is 4. The van der Waals surface area contributed by atoms with Crippen LogP contribution in [0.25, 0.3) is 0 Å². The van der Waals surface area contributed by atoms with E-state index in [4.69, 9.17) is 0 Å². The van der Waals surface area contributed by atoms with Crippen molar-refractivity contribution < 1.29 is 26.4 Å². The molecule has 0 aromatic heterocycles. The maximum Gasteiger partial charge on any atom is 0.416 e. The molecule has 0 aliphatic carbocycles. The van der Waals surface area contributed by atoms with Gasteiger partial charge in [0.15, 0.2) is 0 Å². The van der Waals surface area contributed by atoms with E-state index in [0.717, 1.165) is 30.7 Å². The van der Waals surface area contributed by atoms with Crippen molar-refractivity contribution in [2.24, 2.45) is 5.92 Å². The molecule has 0 spiro atoms. The van der Waals surface area contributed by atoms with Gasteiger partial charge in [-0.1, -0.05) is 12.1 Å². The molecule has 2 fully saturated rings. The molecule has 0 radical (unpaired) electrons. The van der Waals surface area contributed by atoms with Crippen LogP contribution < -0.4 is 0 Å². The van der Waals surface area contributed by atoms with Gasteiger partial charge < -0.3 is 4.90 Å². The van der Waals surface area contributed by atoms with Gasteiger partial charge in [-0.25, -0.2) is 12.7 Å². The van der Waals surface area contributed by atoms with E-state index in [1.54, 1.807) is 0 Å². The van der Waals surface area contributed by atoms with E-state index < -0.39 is 21.8 Å². The lowest BCUT2D eigenvalue weighted by molar-refractivity contribution is -0.138. The van der Waals surface area contributed by atoms with Crippen LogP contribution in [0.3, 0.4) is 0 Å². The molecule has 30 heavy (non-hydrogen) atoms. The second-order valence-corrected chi connectivity index (χ2v) is 10.1. The van der Waals surface area contributed by atoms with Crippen LogP contribution in [0.5, 0.6) is 0 Å². The largest absolute Gasteiger partial charge is 0.416 e. The Hall–Kier alpha value is -1.65. The van der Waals surface area contributed by atoms with Gasteiger partial charge in [-0.2, -0.15) is 13.2 Å². The highest BCUT2D eigenvalue weighted by Gasteiger charge is 2.32. The SMILES string of the molecule is CS(=O)(=O)N1CCC(C(=O)N2CCCN(Cc3ccc(C(F)(F)F)cc3)CC2)CC1. The van der Waals surface area contributed by atoms with Crippen molar-refractivity contribution in [1.29, 1.82) is 0 Å². The van der Waals surface area contributed by atoms with Crippen LogP contribution in [0.2, 0.25) is 0 Å². The first-order chi connectivity index (χ1) is 14.0. The Morgan fingerprint density at radius 2 is 1.63 bits per heavy atom. The number of hydrogen-bond donors (Lipinski definition) is 0. The third-order valence-corrected chi connectivity index (χ3v) is 7.16. The Balaban J connectivity index is 1.51. The van der Waals surface area contributed by atoms with Gasteiger partial charge >= 0.3 is 6.18 Å². The molecule has 2 aliphatic heterocycles. The summed E-state index contributed by atoms with van der Waals surface area (Å²) < 4.78 is 62.8. The summed E-state index contributed by atoms with van der Waals surface area (Å²) in [5.74, 6) is -0.0657. The molecule has 0 atom stereocenters. The van der Waals surface area contributed by atoms with Crippen LogP contribution in [-0.4, -0.2) is 74.0 Å². The number of sulfonamides is 1. The second kappa shape index (κ2) is 9.23. The normalized spacial score (nSPS) is 20.9. The molecule has 0 bridgehead atoms. The molecule has 10 heteroatoms. The molecule has 1 amide bonds. The summed E-state index contributed by atoms with van der Waals surface area (Å²) in [6.45, 7) is 3.96. The van der Waals surface area contributed by atoms with Gasteiger partial charge in [0.05, 0.1) is 11.8 Å². The predicted octanol–water partition coefficient (Wildman–Crippen LogP) is 2.41. The van der Waals surface area contributed by atoms with E-state index >= 15 is 0 Å². The average molecular weight is 448 g/mol. The van der Waals surface area contributed by atoms with Crippen LogP contribution >= 0.6 is 0 Å². The Kier molecular flexibility index (Phi) is 7.09. The summed E-state index contributed by atoms with van der Waals surface area (Å²) in [6.07, 6.45) is -1.27. The standard InChI is InChI=1S/C20H28F3N3O3S/c1-30(28,29)26-11-7-17(8-12-26)19(27)25-10-2-9-24(13-14-25)15-16-3-5-18(6-4-16)20(21,22)23/h3-6,17H,2,7-15H2,1H3. The highest BCUT2D eigenvalue weighted by molar-refractivity contribution is 7.88. The van der Waals surface area contributed by atoms with Gasteiger partial charge in [0.25, 0.3) is 0 Å². The van der Waals surface area contributed by atoms with Gasteiger partial charge in [0, 0.05) is 51.7 Å². The minimum atomic E-state index is -4.33. The van der Waals surface area contributed by atoms with E-state index in [0.29, 0.717) is 52.1 Å². The average Bonchev–Trinajstić information content (AvgIpc) is 2.92. The molecule has 168 valence electrons. The summed E-state index contributed by atoms with van der Waals surface area (Å²) in [6, 6.07) is 5.22. The Morgan fingerprint density at radius 1 is 1.00 bits per heavy atom. The smallest absolute Gasteiger partial charge is 0.341 e. The first-order valence-electron chi connectivity index (χ1n) is 10.2. The number of carbonyl (C=O) groups is 1. The molecule has 2 aliphatic rings. The fourth-order valence-electron chi connectivity index (χ4n) is 4.10. The quantitative estimate of drug-likeness (QED) is 0.711. The Bertz CT molecular complexity index is 835. The van der Waals surface area contributed by atoms with Crippen molar-refractivity contribution in [2.75, 3.05) is 45.5 Å². The van der Waals surface area contributed by atoms with Gasteiger partial charge in [-0.05, 0) is 37.0 Å². The summed E-state index contributed by atoms with van der Waals surface area (Å²) in [5, 5.41) is 0. The number of benzene rings is 1. The molecule has 6 nitrogen and oxygen atoms in total. The fraction of sp³-hybridized carbons (Fsp3) is 0.650. The lowest BCUT2D eigenvalue weighted by atomic mass is 9.96. The maximum atomic E-state index is 12.9. The highest BCUT2D eigenvalue weighted by atomic mass is 32.2. The van der Waals surface area contributed by atoms with Crippen LogP contribution in [-0.2, 0) is 27.5 Å². The molecule has 0 saturated carbocycles. The third kappa shape index (κ3) is 5.95. The number of nitrogens with zero attached hydrogens (tertiary/aromatic N) is 3.